The van der Waals surface area contributed by atoms with E-state index in [9.17, 15) is 0 Å². The van der Waals surface area contributed by atoms with Crippen molar-refractivity contribution in [3.8, 4) is 0 Å². The Morgan fingerprint density at radius 2 is 2.00 bits per heavy atom. The second-order valence-corrected chi connectivity index (χ2v) is 6.17. The normalized spacial score (nSPS) is 12.8. The van der Waals surface area contributed by atoms with Crippen molar-refractivity contribution in [1.82, 2.24) is 0 Å². The zero-order valence-electron chi connectivity index (χ0n) is 12.6. The van der Waals surface area contributed by atoms with Gasteiger partial charge in [0.2, 0.25) is 0 Å². The van der Waals surface area contributed by atoms with Gasteiger partial charge in [-0.25, -0.2) is 0 Å². The lowest BCUT2D eigenvalue weighted by molar-refractivity contribution is 0.585. The molecule has 0 fully saturated rings. The summed E-state index contributed by atoms with van der Waals surface area (Å²) in [7, 11) is 2.10. The molecule has 0 aliphatic carbocycles. The van der Waals surface area contributed by atoms with E-state index in [4.69, 9.17) is 17.3 Å². The first-order chi connectivity index (χ1) is 8.93. The molecule has 0 amide bonds. The molecule has 1 rings (SSSR count). The summed E-state index contributed by atoms with van der Waals surface area (Å²) in [5, 5.41) is 0.826. The molecule has 0 bridgehead atoms. The maximum absolute atomic E-state index is 6.38. The highest BCUT2D eigenvalue weighted by atomic mass is 35.5. The van der Waals surface area contributed by atoms with Crippen LogP contribution in [-0.2, 0) is 6.42 Å². The molecule has 0 heterocycles. The van der Waals surface area contributed by atoms with E-state index >= 15 is 0 Å². The molecule has 0 saturated carbocycles. The first kappa shape index (κ1) is 16.3. The third-order valence-electron chi connectivity index (χ3n) is 3.49. The van der Waals surface area contributed by atoms with Crippen molar-refractivity contribution in [1.29, 1.82) is 0 Å². The third-order valence-corrected chi connectivity index (χ3v) is 3.79. The average molecular weight is 283 g/mol. The van der Waals surface area contributed by atoms with Crippen LogP contribution in [0.3, 0.4) is 0 Å². The van der Waals surface area contributed by atoms with Crippen LogP contribution in [0, 0.1) is 5.92 Å². The van der Waals surface area contributed by atoms with Crippen molar-refractivity contribution in [3.05, 3.63) is 28.8 Å². The highest BCUT2D eigenvalue weighted by Crippen LogP contribution is 2.27. The summed E-state index contributed by atoms with van der Waals surface area (Å²) >= 11 is 6.38. The molecule has 1 unspecified atom stereocenters. The lowest BCUT2D eigenvalue weighted by atomic mass is 10.0. The zero-order chi connectivity index (χ0) is 14.4. The van der Waals surface area contributed by atoms with Crippen LogP contribution in [0.1, 0.15) is 39.2 Å². The van der Waals surface area contributed by atoms with E-state index in [0.717, 1.165) is 30.1 Å². The number of nitrogens with two attached hydrogens (primary N) is 1. The fourth-order valence-electron chi connectivity index (χ4n) is 2.01. The van der Waals surface area contributed by atoms with Gasteiger partial charge in [-0.15, -0.1) is 0 Å². The van der Waals surface area contributed by atoms with Crippen molar-refractivity contribution in [3.63, 3.8) is 0 Å². The smallest absolute Gasteiger partial charge is 0.0642 e. The molecule has 0 saturated heterocycles. The molecule has 2 nitrogen and oxygen atoms in total. The molecule has 0 radical (unpaired) electrons. The highest BCUT2D eigenvalue weighted by Gasteiger charge is 2.09. The largest absolute Gasteiger partial charge is 0.373 e. The summed E-state index contributed by atoms with van der Waals surface area (Å²) in [5.74, 6) is 0.711. The average Bonchev–Trinajstić information content (AvgIpc) is 2.35. The number of rotatable bonds is 7. The maximum Gasteiger partial charge on any atom is 0.0642 e. The Morgan fingerprint density at radius 1 is 1.32 bits per heavy atom. The first-order valence-corrected chi connectivity index (χ1v) is 7.57. The van der Waals surface area contributed by atoms with Gasteiger partial charge in [-0.05, 0) is 42.9 Å². The molecule has 108 valence electrons. The van der Waals surface area contributed by atoms with Crippen LogP contribution in [0.2, 0.25) is 5.02 Å². The summed E-state index contributed by atoms with van der Waals surface area (Å²) in [6.45, 7) is 7.63. The number of nitrogens with zero attached hydrogens (tertiary/aromatic N) is 1. The molecule has 2 N–H and O–H groups in total. The highest BCUT2D eigenvalue weighted by molar-refractivity contribution is 6.33. The topological polar surface area (TPSA) is 29.3 Å². The van der Waals surface area contributed by atoms with E-state index in [1.165, 1.54) is 12.0 Å². The summed E-state index contributed by atoms with van der Waals surface area (Å²) in [5.41, 5.74) is 8.31. The molecule has 0 spiro atoms. The second kappa shape index (κ2) is 7.76. The molecular weight excluding hydrogens is 256 g/mol. The van der Waals surface area contributed by atoms with Gasteiger partial charge in [-0.3, -0.25) is 0 Å². The lowest BCUT2D eigenvalue weighted by Crippen LogP contribution is -2.22. The summed E-state index contributed by atoms with van der Waals surface area (Å²) in [4.78, 5) is 2.23. The maximum atomic E-state index is 6.38. The fraction of sp³-hybridized carbons (Fsp3) is 0.625. The van der Waals surface area contributed by atoms with Crippen LogP contribution in [0.15, 0.2) is 18.2 Å². The van der Waals surface area contributed by atoms with E-state index in [2.05, 4.69) is 50.9 Å². The Balaban J connectivity index is 2.71. The predicted molar refractivity (Wildman–Crippen MR) is 86.1 cm³/mol. The van der Waals surface area contributed by atoms with Gasteiger partial charge >= 0.3 is 0 Å². The quantitative estimate of drug-likeness (QED) is 0.816. The standard InChI is InChI=1S/C16H27ClN2/c1-5-14(18)10-13-6-7-16(15(17)11-13)19(4)9-8-12(2)3/h6-7,11-12,14H,5,8-10,18H2,1-4H3. The molecule has 3 heteroatoms. The van der Waals surface area contributed by atoms with E-state index in [-0.39, 0.29) is 6.04 Å². The minimum atomic E-state index is 0.223. The van der Waals surface area contributed by atoms with Crippen LogP contribution in [-0.4, -0.2) is 19.6 Å². The van der Waals surface area contributed by atoms with Crippen molar-refractivity contribution < 1.29 is 0 Å². The number of hydrogen-bond acceptors (Lipinski definition) is 2. The fourth-order valence-corrected chi connectivity index (χ4v) is 2.35. The predicted octanol–water partition coefficient (Wildman–Crippen LogP) is 4.10. The van der Waals surface area contributed by atoms with E-state index < -0.39 is 0 Å². The lowest BCUT2D eigenvalue weighted by Gasteiger charge is -2.22. The van der Waals surface area contributed by atoms with Crippen molar-refractivity contribution in [2.24, 2.45) is 11.7 Å². The van der Waals surface area contributed by atoms with Crippen molar-refractivity contribution in [2.45, 2.75) is 46.1 Å². The molecule has 0 aliphatic rings. The molecule has 0 aromatic heterocycles. The Kier molecular flexibility index (Phi) is 6.67. The van der Waals surface area contributed by atoms with Gasteiger partial charge in [0.25, 0.3) is 0 Å². The van der Waals surface area contributed by atoms with E-state index in [0.29, 0.717) is 5.92 Å². The van der Waals surface area contributed by atoms with Crippen LogP contribution in [0.25, 0.3) is 0 Å². The van der Waals surface area contributed by atoms with Crippen LogP contribution in [0.5, 0.6) is 0 Å². The molecule has 0 aliphatic heterocycles. The number of halogens is 1. The van der Waals surface area contributed by atoms with Gasteiger partial charge in [-0.1, -0.05) is 38.4 Å². The van der Waals surface area contributed by atoms with Crippen molar-refractivity contribution >= 4 is 17.3 Å². The minimum Gasteiger partial charge on any atom is -0.373 e. The van der Waals surface area contributed by atoms with E-state index in [1.54, 1.807) is 0 Å². The Morgan fingerprint density at radius 3 is 2.53 bits per heavy atom. The first-order valence-electron chi connectivity index (χ1n) is 7.19. The monoisotopic (exact) mass is 282 g/mol. The molecule has 19 heavy (non-hydrogen) atoms. The number of benzene rings is 1. The van der Waals surface area contributed by atoms with Crippen LogP contribution < -0.4 is 10.6 Å². The molecule has 1 atom stereocenters. The Labute approximate surface area is 122 Å². The summed E-state index contributed by atoms with van der Waals surface area (Å²) < 4.78 is 0. The molecular formula is C16H27ClN2. The molecule has 1 aromatic carbocycles. The number of anilines is 1. The van der Waals surface area contributed by atoms with E-state index in [1.807, 2.05) is 0 Å². The Bertz CT molecular complexity index is 390. The zero-order valence-corrected chi connectivity index (χ0v) is 13.4. The molecule has 1 aromatic rings. The van der Waals surface area contributed by atoms with Crippen LogP contribution in [0.4, 0.5) is 5.69 Å². The van der Waals surface area contributed by atoms with Crippen LogP contribution >= 0.6 is 11.6 Å². The minimum absolute atomic E-state index is 0.223. The van der Waals surface area contributed by atoms with Gasteiger partial charge in [0.15, 0.2) is 0 Å². The SMILES string of the molecule is CCC(N)Cc1ccc(N(C)CCC(C)C)c(Cl)c1. The van der Waals surface area contributed by atoms with Gasteiger partial charge < -0.3 is 10.6 Å². The summed E-state index contributed by atoms with van der Waals surface area (Å²) in [6.07, 6.45) is 3.06. The van der Waals surface area contributed by atoms with Gasteiger partial charge in [0, 0.05) is 19.6 Å². The van der Waals surface area contributed by atoms with Gasteiger partial charge in [-0.2, -0.15) is 0 Å². The Hall–Kier alpha value is -0.730. The number of hydrogen-bond donors (Lipinski definition) is 1. The van der Waals surface area contributed by atoms with Crippen molar-refractivity contribution in [2.75, 3.05) is 18.5 Å². The second-order valence-electron chi connectivity index (χ2n) is 5.76. The van der Waals surface area contributed by atoms with Gasteiger partial charge in [0.05, 0.1) is 10.7 Å². The third kappa shape index (κ3) is 5.42. The van der Waals surface area contributed by atoms with Gasteiger partial charge in [0.1, 0.15) is 0 Å². The summed E-state index contributed by atoms with van der Waals surface area (Å²) in [6, 6.07) is 6.53.